The minimum absolute atomic E-state index is 0.0721. The van der Waals surface area contributed by atoms with Crippen LogP contribution in [0.25, 0.3) is 0 Å². The molecule has 112 valence electrons. The number of nitrogens with one attached hydrogen (secondary N) is 1. The van der Waals surface area contributed by atoms with Crippen molar-refractivity contribution >= 4 is 5.91 Å². The monoisotopic (exact) mass is 279 g/mol. The van der Waals surface area contributed by atoms with Crippen LogP contribution in [0, 0.1) is 13.8 Å². The van der Waals surface area contributed by atoms with Gasteiger partial charge in [-0.15, -0.1) is 0 Å². The molecule has 2 heterocycles. The molecule has 5 nitrogen and oxygen atoms in total. The lowest BCUT2D eigenvalue weighted by atomic mass is 10.2. The minimum Gasteiger partial charge on any atom is -0.361 e. The first-order valence-corrected chi connectivity index (χ1v) is 7.62. The van der Waals surface area contributed by atoms with Crippen molar-refractivity contribution in [2.24, 2.45) is 0 Å². The van der Waals surface area contributed by atoms with E-state index in [9.17, 15) is 4.79 Å². The van der Waals surface area contributed by atoms with E-state index in [-0.39, 0.29) is 5.91 Å². The second-order valence-corrected chi connectivity index (χ2v) is 5.56. The summed E-state index contributed by atoms with van der Waals surface area (Å²) in [5.74, 6) is 0.518. The second kappa shape index (κ2) is 7.43. The Labute approximate surface area is 120 Å². The van der Waals surface area contributed by atoms with Crippen molar-refractivity contribution < 1.29 is 9.32 Å². The number of hydrogen-bond donors (Lipinski definition) is 1. The van der Waals surface area contributed by atoms with Gasteiger partial charge in [-0.3, -0.25) is 4.79 Å². The average Bonchev–Trinajstić information content (AvgIpc) is 2.65. The lowest BCUT2D eigenvalue weighted by Gasteiger charge is -2.19. The summed E-state index contributed by atoms with van der Waals surface area (Å²) in [7, 11) is 0. The molecular weight excluding hydrogens is 254 g/mol. The molecule has 1 saturated heterocycles. The van der Waals surface area contributed by atoms with Crippen LogP contribution in [0.2, 0.25) is 0 Å². The van der Waals surface area contributed by atoms with Gasteiger partial charge >= 0.3 is 0 Å². The summed E-state index contributed by atoms with van der Waals surface area (Å²) >= 11 is 0. The summed E-state index contributed by atoms with van der Waals surface area (Å²) in [6.07, 6.45) is 6.34. The lowest BCUT2D eigenvalue weighted by molar-refractivity contribution is 0.0949. The molecule has 5 heteroatoms. The van der Waals surface area contributed by atoms with E-state index in [0.29, 0.717) is 23.6 Å². The van der Waals surface area contributed by atoms with Crippen molar-refractivity contribution in [2.45, 2.75) is 46.0 Å². The standard InChI is InChI=1S/C15H25N3O2/c1-12-14(13(2)20-17-12)15(19)16-8-7-11-18-9-5-3-4-6-10-18/h3-11H2,1-2H3,(H,16,19). The first kappa shape index (κ1) is 15.0. The number of carbonyl (C=O) groups excluding carboxylic acids is 1. The molecule has 1 aromatic heterocycles. The van der Waals surface area contributed by atoms with Gasteiger partial charge in [0.15, 0.2) is 0 Å². The lowest BCUT2D eigenvalue weighted by Crippen LogP contribution is -2.31. The maximum Gasteiger partial charge on any atom is 0.256 e. The minimum atomic E-state index is -0.0721. The van der Waals surface area contributed by atoms with Crippen molar-refractivity contribution in [3.05, 3.63) is 17.0 Å². The van der Waals surface area contributed by atoms with Crippen molar-refractivity contribution in [2.75, 3.05) is 26.2 Å². The van der Waals surface area contributed by atoms with Crippen LogP contribution in [-0.2, 0) is 0 Å². The Morgan fingerprint density at radius 3 is 2.55 bits per heavy atom. The van der Waals surface area contributed by atoms with Crippen LogP contribution in [0.4, 0.5) is 0 Å². The maximum absolute atomic E-state index is 12.0. The highest BCUT2D eigenvalue weighted by molar-refractivity contribution is 5.96. The summed E-state index contributed by atoms with van der Waals surface area (Å²) in [6, 6.07) is 0. The average molecular weight is 279 g/mol. The van der Waals surface area contributed by atoms with Crippen LogP contribution in [0.3, 0.4) is 0 Å². The van der Waals surface area contributed by atoms with E-state index < -0.39 is 0 Å². The smallest absolute Gasteiger partial charge is 0.256 e. The van der Waals surface area contributed by atoms with Gasteiger partial charge in [-0.1, -0.05) is 18.0 Å². The largest absolute Gasteiger partial charge is 0.361 e. The van der Waals surface area contributed by atoms with Gasteiger partial charge in [0.1, 0.15) is 11.3 Å². The molecule has 0 saturated carbocycles. The Morgan fingerprint density at radius 2 is 1.95 bits per heavy atom. The zero-order valence-electron chi connectivity index (χ0n) is 12.6. The van der Waals surface area contributed by atoms with Gasteiger partial charge in [-0.05, 0) is 52.7 Å². The van der Waals surface area contributed by atoms with Gasteiger partial charge in [0, 0.05) is 6.54 Å². The van der Waals surface area contributed by atoms with E-state index in [1.54, 1.807) is 13.8 Å². The SMILES string of the molecule is Cc1noc(C)c1C(=O)NCCCN1CCCCCC1. The molecular formula is C15H25N3O2. The van der Waals surface area contributed by atoms with Crippen molar-refractivity contribution in [1.29, 1.82) is 0 Å². The molecule has 1 N–H and O–H groups in total. The third-order valence-corrected chi connectivity index (χ3v) is 3.90. The highest BCUT2D eigenvalue weighted by Gasteiger charge is 2.16. The van der Waals surface area contributed by atoms with Crippen LogP contribution in [0.1, 0.15) is 53.9 Å². The zero-order chi connectivity index (χ0) is 14.4. The molecule has 1 aliphatic heterocycles. The number of aromatic nitrogens is 1. The molecule has 0 unspecified atom stereocenters. The molecule has 2 rings (SSSR count). The highest BCUT2D eigenvalue weighted by atomic mass is 16.5. The first-order chi connectivity index (χ1) is 9.68. The van der Waals surface area contributed by atoms with Gasteiger partial charge in [0.2, 0.25) is 0 Å². The number of likely N-dealkylation sites (tertiary alicyclic amines) is 1. The number of nitrogens with zero attached hydrogens (tertiary/aromatic N) is 2. The summed E-state index contributed by atoms with van der Waals surface area (Å²) < 4.78 is 5.01. The van der Waals surface area contributed by atoms with Gasteiger partial charge in [0.05, 0.1) is 5.69 Å². The highest BCUT2D eigenvalue weighted by Crippen LogP contribution is 2.12. The Morgan fingerprint density at radius 1 is 1.25 bits per heavy atom. The molecule has 20 heavy (non-hydrogen) atoms. The van der Waals surface area contributed by atoms with Crippen LogP contribution < -0.4 is 5.32 Å². The Kier molecular flexibility index (Phi) is 5.59. The van der Waals surface area contributed by atoms with Crippen molar-refractivity contribution in [1.82, 2.24) is 15.4 Å². The van der Waals surface area contributed by atoms with E-state index in [0.717, 1.165) is 13.0 Å². The molecule has 1 aliphatic rings. The molecule has 1 fully saturated rings. The summed E-state index contributed by atoms with van der Waals surface area (Å²) in [5.41, 5.74) is 1.24. The second-order valence-electron chi connectivity index (χ2n) is 5.56. The number of hydrogen-bond acceptors (Lipinski definition) is 4. The zero-order valence-corrected chi connectivity index (χ0v) is 12.6. The summed E-state index contributed by atoms with van der Waals surface area (Å²) in [5, 5.41) is 6.76. The van der Waals surface area contributed by atoms with Crippen molar-refractivity contribution in [3.8, 4) is 0 Å². The number of amides is 1. The van der Waals surface area contributed by atoms with Gasteiger partial charge < -0.3 is 14.7 Å². The topological polar surface area (TPSA) is 58.4 Å². The number of aryl methyl sites for hydroxylation is 2. The van der Waals surface area contributed by atoms with Gasteiger partial charge in [-0.25, -0.2) is 0 Å². The van der Waals surface area contributed by atoms with E-state index in [1.807, 2.05) is 0 Å². The molecule has 0 atom stereocenters. The fourth-order valence-corrected chi connectivity index (χ4v) is 2.76. The molecule has 0 bridgehead atoms. The third-order valence-electron chi connectivity index (χ3n) is 3.90. The summed E-state index contributed by atoms with van der Waals surface area (Å²) in [6.45, 7) is 7.76. The Balaban J connectivity index is 1.69. The van der Waals surface area contributed by atoms with E-state index in [4.69, 9.17) is 4.52 Å². The fourth-order valence-electron chi connectivity index (χ4n) is 2.76. The maximum atomic E-state index is 12.0. The Bertz CT molecular complexity index is 415. The molecule has 0 spiro atoms. The molecule has 0 radical (unpaired) electrons. The predicted molar refractivity (Wildman–Crippen MR) is 77.8 cm³/mol. The van der Waals surface area contributed by atoms with Crippen LogP contribution >= 0.6 is 0 Å². The molecule has 1 amide bonds. The van der Waals surface area contributed by atoms with Gasteiger partial charge in [0.25, 0.3) is 5.91 Å². The van der Waals surface area contributed by atoms with Crippen LogP contribution in [-0.4, -0.2) is 42.1 Å². The quantitative estimate of drug-likeness (QED) is 0.840. The normalized spacial score (nSPS) is 16.9. The molecule has 1 aromatic rings. The molecule has 0 aromatic carbocycles. The summed E-state index contributed by atoms with van der Waals surface area (Å²) in [4.78, 5) is 14.5. The predicted octanol–water partition coefficient (Wildman–Crippen LogP) is 2.29. The molecule has 0 aliphatic carbocycles. The first-order valence-electron chi connectivity index (χ1n) is 7.62. The van der Waals surface area contributed by atoms with E-state index in [2.05, 4.69) is 15.4 Å². The van der Waals surface area contributed by atoms with Crippen molar-refractivity contribution in [3.63, 3.8) is 0 Å². The van der Waals surface area contributed by atoms with E-state index in [1.165, 1.54) is 38.8 Å². The van der Waals surface area contributed by atoms with Crippen LogP contribution in [0.5, 0.6) is 0 Å². The van der Waals surface area contributed by atoms with E-state index >= 15 is 0 Å². The third kappa shape index (κ3) is 4.07. The van der Waals surface area contributed by atoms with Crippen LogP contribution in [0.15, 0.2) is 4.52 Å². The number of rotatable bonds is 5. The fraction of sp³-hybridized carbons (Fsp3) is 0.733. The Hall–Kier alpha value is -1.36. The number of carbonyl (C=O) groups is 1. The van der Waals surface area contributed by atoms with Gasteiger partial charge in [-0.2, -0.15) is 0 Å².